The summed E-state index contributed by atoms with van der Waals surface area (Å²) >= 11 is 18.1. The molecule has 0 fully saturated rings. The maximum absolute atomic E-state index is 9.90. The minimum absolute atomic E-state index is 0. The van der Waals surface area contributed by atoms with Crippen LogP contribution in [0.2, 0.25) is 15.2 Å². The van der Waals surface area contributed by atoms with Crippen molar-refractivity contribution in [1.82, 2.24) is 19.9 Å². The molecule has 0 saturated heterocycles. The summed E-state index contributed by atoms with van der Waals surface area (Å²) in [5, 5.41) is 20.6. The Morgan fingerprint density at radius 1 is 0.848 bits per heavy atom. The predicted molar refractivity (Wildman–Crippen MR) is 173 cm³/mol. The standard InChI is InChI=1S/C14H8Cl2N2O.C14H7ClN2O.CH4NP.CH2O3.2K.H/c15-8-5-6-12(19)9(7-8)13-14(16)18-11-4-2-1-3-10(11)17-13;15-8-5-6-12-9(7-8)13-14(18-12)17-11-4-2-1-3-10(11)16-13;1-2-3;2-1-4-3;;;/h1-7,19H;1-7H;3H,1H3;1,3H;;;/q;;;;2*+1;-1/p-1. The van der Waals surface area contributed by atoms with Crippen LogP contribution in [0.4, 0.5) is 0 Å². The average Bonchev–Trinajstić information content (AvgIpc) is 3.38. The van der Waals surface area contributed by atoms with Crippen LogP contribution in [0.15, 0.2) is 94.1 Å². The first-order valence-corrected chi connectivity index (χ1v) is 14.0. The molecule has 0 unspecified atom stereocenters. The maximum atomic E-state index is 9.90. The van der Waals surface area contributed by atoms with Gasteiger partial charge in [0.1, 0.15) is 22.5 Å². The third-order valence-electron chi connectivity index (χ3n) is 5.72. The minimum Gasteiger partial charge on any atom is -1.00 e. The molecular weight excluding hydrogens is 726 g/mol. The Morgan fingerprint density at radius 3 is 1.93 bits per heavy atom. The number of phenols is 1. The van der Waals surface area contributed by atoms with Gasteiger partial charge in [-0.05, 0) is 69.7 Å². The summed E-state index contributed by atoms with van der Waals surface area (Å²) in [4.78, 5) is 29.0. The van der Waals surface area contributed by atoms with Gasteiger partial charge in [-0.1, -0.05) is 59.1 Å². The molecule has 16 heteroatoms. The van der Waals surface area contributed by atoms with Crippen LogP contribution >= 0.6 is 43.8 Å². The fourth-order valence-electron chi connectivity index (χ4n) is 3.96. The molecule has 0 aliphatic rings. The van der Waals surface area contributed by atoms with E-state index >= 15 is 0 Å². The van der Waals surface area contributed by atoms with Crippen molar-refractivity contribution in [3.63, 3.8) is 0 Å². The van der Waals surface area contributed by atoms with Crippen molar-refractivity contribution in [3.05, 3.63) is 100 Å². The van der Waals surface area contributed by atoms with E-state index in [0.29, 0.717) is 38.0 Å². The van der Waals surface area contributed by atoms with Crippen molar-refractivity contribution in [2.24, 2.45) is 4.74 Å². The van der Waals surface area contributed by atoms with E-state index in [1.54, 1.807) is 25.2 Å². The summed E-state index contributed by atoms with van der Waals surface area (Å²) in [6, 6.07) is 25.3. The SMILES string of the molecule is CN=P.Clc1ccc2oc3nc4ccccc4nc3c2c1.O=CO[O-].Oc1ccc(Cl)cc1-c1nc2ccccc2nc1Cl.[H-].[K+].[K+]. The van der Waals surface area contributed by atoms with Crippen LogP contribution in [0.5, 0.6) is 5.75 Å². The minimum atomic E-state index is -0.181. The van der Waals surface area contributed by atoms with E-state index in [-0.39, 0.29) is 122 Å². The van der Waals surface area contributed by atoms with Crippen molar-refractivity contribution in [3.8, 4) is 17.0 Å². The number of nitrogens with zero attached hydrogens (tertiary/aromatic N) is 5. The Labute approximate surface area is 366 Å². The maximum Gasteiger partial charge on any atom is 1.00 e. The van der Waals surface area contributed by atoms with Gasteiger partial charge >= 0.3 is 103 Å². The molecule has 3 aromatic heterocycles. The Balaban J connectivity index is 0.000000373. The molecular formula is C30H21Cl3K2N5O5P. The van der Waals surface area contributed by atoms with E-state index in [1.807, 2.05) is 60.7 Å². The van der Waals surface area contributed by atoms with E-state index in [0.717, 1.165) is 27.5 Å². The van der Waals surface area contributed by atoms with Crippen molar-refractivity contribution < 1.29 is 129 Å². The van der Waals surface area contributed by atoms with E-state index in [9.17, 15) is 5.11 Å². The molecule has 0 saturated carbocycles. The molecule has 7 aromatic rings. The number of hydrogen-bond acceptors (Lipinski definition) is 10. The van der Waals surface area contributed by atoms with Crippen molar-refractivity contribution >= 4 is 94.6 Å². The first-order valence-electron chi connectivity index (χ1n) is 12.4. The summed E-state index contributed by atoms with van der Waals surface area (Å²) in [5.74, 6) is 0.0656. The number of fused-ring (bicyclic) bond motifs is 5. The molecule has 0 radical (unpaired) electrons. The molecule has 7 rings (SSSR count). The Bertz CT molecular complexity index is 2110. The fourth-order valence-corrected chi connectivity index (χ4v) is 4.54. The fraction of sp³-hybridized carbons (Fsp3) is 0.0333. The third-order valence-corrected chi connectivity index (χ3v) is 6.46. The smallest absolute Gasteiger partial charge is 1.00 e. The number of furan rings is 1. The van der Waals surface area contributed by atoms with Crippen LogP contribution in [0, 0.1) is 0 Å². The van der Waals surface area contributed by atoms with Crippen molar-refractivity contribution in [1.29, 1.82) is 0 Å². The number of para-hydroxylation sites is 4. The zero-order chi connectivity index (χ0) is 31.6. The van der Waals surface area contributed by atoms with Gasteiger partial charge in [0.15, 0.2) is 5.15 Å². The molecule has 0 aliphatic carbocycles. The normalized spacial score (nSPS) is 9.76. The van der Waals surface area contributed by atoms with Gasteiger partial charge < -0.3 is 21.1 Å². The number of aromatic nitrogens is 4. The average molecular weight is 747 g/mol. The number of rotatable bonds is 2. The quantitative estimate of drug-likeness (QED) is 0.0923. The topological polar surface area (TPSA) is 147 Å². The van der Waals surface area contributed by atoms with Gasteiger partial charge in [-0.2, -0.15) is 0 Å². The van der Waals surface area contributed by atoms with Crippen LogP contribution in [0.25, 0.3) is 55.5 Å². The second kappa shape index (κ2) is 20.4. The van der Waals surface area contributed by atoms with Crippen LogP contribution in [0.1, 0.15) is 1.43 Å². The van der Waals surface area contributed by atoms with Crippen LogP contribution in [-0.2, 0) is 9.68 Å². The number of phenolic OH excluding ortho intramolecular Hbond substituents is 1. The first-order chi connectivity index (χ1) is 21.3. The van der Waals surface area contributed by atoms with Gasteiger partial charge in [-0.25, -0.2) is 19.9 Å². The van der Waals surface area contributed by atoms with E-state index in [1.165, 1.54) is 6.07 Å². The molecule has 10 nitrogen and oxygen atoms in total. The first kappa shape index (κ1) is 41.0. The largest absolute Gasteiger partial charge is 1.00 e. The Morgan fingerprint density at radius 2 is 1.35 bits per heavy atom. The summed E-state index contributed by atoms with van der Waals surface area (Å²) < 4.78 is 8.99. The summed E-state index contributed by atoms with van der Waals surface area (Å²) in [6.07, 6.45) is 0. The molecule has 3 heterocycles. The molecule has 46 heavy (non-hydrogen) atoms. The number of carbonyl (C=O) groups is 1. The van der Waals surface area contributed by atoms with Gasteiger partial charge in [0.05, 0.1) is 27.5 Å². The number of benzene rings is 4. The molecule has 0 amide bonds. The van der Waals surface area contributed by atoms with Crippen molar-refractivity contribution in [2.75, 3.05) is 7.05 Å². The Kier molecular flexibility index (Phi) is 18.2. The van der Waals surface area contributed by atoms with E-state index in [4.69, 9.17) is 49.3 Å². The molecule has 0 spiro atoms. The number of hydrogen-bond donors (Lipinski definition) is 1. The second-order valence-corrected chi connectivity index (χ2v) is 10.2. The monoisotopic (exact) mass is 745 g/mol. The van der Waals surface area contributed by atoms with E-state index in [2.05, 4.69) is 38.6 Å². The predicted octanol–water partition coefficient (Wildman–Crippen LogP) is 1.99. The molecule has 0 aliphatic heterocycles. The molecule has 0 bridgehead atoms. The number of halogens is 3. The van der Waals surface area contributed by atoms with Crippen LogP contribution in [-0.4, -0.2) is 38.6 Å². The zero-order valence-electron chi connectivity index (χ0n) is 25.6. The summed E-state index contributed by atoms with van der Waals surface area (Å²) in [5.41, 5.74) is 6.04. The molecule has 1 N–H and O–H groups in total. The van der Waals surface area contributed by atoms with Crippen LogP contribution in [0.3, 0.4) is 0 Å². The van der Waals surface area contributed by atoms with Gasteiger partial charge in [0, 0.05) is 22.7 Å². The zero-order valence-corrected chi connectivity index (χ0v) is 34.1. The summed E-state index contributed by atoms with van der Waals surface area (Å²) in [6.45, 7) is -0.181. The number of carbonyl (C=O) groups excluding carboxylic acids is 1. The van der Waals surface area contributed by atoms with E-state index < -0.39 is 0 Å². The molecule has 224 valence electrons. The van der Waals surface area contributed by atoms with Gasteiger partial charge in [0.2, 0.25) is 5.71 Å². The summed E-state index contributed by atoms with van der Waals surface area (Å²) in [7, 11) is 4.47. The second-order valence-electron chi connectivity index (χ2n) is 8.54. The molecule has 0 atom stereocenters. The third kappa shape index (κ3) is 10.7. The number of aromatic hydroxyl groups is 1. The van der Waals surface area contributed by atoms with Crippen molar-refractivity contribution in [2.45, 2.75) is 0 Å². The van der Waals surface area contributed by atoms with Crippen LogP contribution < -0.4 is 108 Å². The van der Waals surface area contributed by atoms with Gasteiger partial charge in [-0.3, -0.25) is 9.54 Å². The Hall–Kier alpha value is -1.17. The van der Waals surface area contributed by atoms with Gasteiger partial charge in [0.25, 0.3) is 6.47 Å². The molecule has 4 aromatic carbocycles. The van der Waals surface area contributed by atoms with Gasteiger partial charge in [-0.15, -0.1) is 0 Å².